The summed E-state index contributed by atoms with van der Waals surface area (Å²) in [6.45, 7) is 6.54. The number of aromatic nitrogens is 1. The monoisotopic (exact) mass is 290 g/mol. The van der Waals surface area contributed by atoms with Crippen molar-refractivity contribution in [3.63, 3.8) is 0 Å². The molecule has 0 atom stereocenters. The van der Waals surface area contributed by atoms with Gasteiger partial charge in [0.15, 0.2) is 0 Å². The number of carbonyl (C=O) groups is 1. The van der Waals surface area contributed by atoms with Gasteiger partial charge in [0.2, 0.25) is 0 Å². The minimum Gasteiger partial charge on any atom is -0.356 e. The van der Waals surface area contributed by atoms with Crippen LogP contribution in [-0.2, 0) is 0 Å². The highest BCUT2D eigenvalue weighted by atomic mass is 16.1. The molecule has 1 aliphatic rings. The number of nitrogens with one attached hydrogen (secondary N) is 1. The first-order valence-corrected chi connectivity index (χ1v) is 7.86. The molecule has 1 amide bonds. The van der Waals surface area contributed by atoms with Crippen LogP contribution >= 0.6 is 0 Å². The summed E-state index contributed by atoms with van der Waals surface area (Å²) in [5.41, 5.74) is 6.56. The molecule has 116 valence electrons. The average molecular weight is 290 g/mol. The number of nitrogens with zero attached hydrogens (tertiary/aromatic N) is 2. The Kier molecular flexibility index (Phi) is 5.17. The number of anilines is 1. The maximum Gasteiger partial charge on any atom is 0.255 e. The van der Waals surface area contributed by atoms with Gasteiger partial charge in [-0.25, -0.2) is 4.98 Å². The molecule has 5 nitrogen and oxygen atoms in total. The standard InChI is InChI=1S/C16H26N4O/c1-3-16(17,4-2)12-19-15(21)13-8-7-9-18-14(13)20-10-5-6-11-20/h7-9H,3-6,10-12,17H2,1-2H3,(H,19,21). The van der Waals surface area contributed by atoms with Crippen LogP contribution in [0, 0.1) is 0 Å². The fraction of sp³-hybridized carbons (Fsp3) is 0.625. The minimum absolute atomic E-state index is 0.0817. The number of rotatable bonds is 6. The van der Waals surface area contributed by atoms with E-state index in [0.717, 1.165) is 44.6 Å². The zero-order valence-electron chi connectivity index (χ0n) is 13.1. The van der Waals surface area contributed by atoms with E-state index in [9.17, 15) is 4.79 Å². The summed E-state index contributed by atoms with van der Waals surface area (Å²) in [6.07, 6.45) is 5.76. The van der Waals surface area contributed by atoms with E-state index in [0.29, 0.717) is 12.1 Å². The maximum atomic E-state index is 12.5. The van der Waals surface area contributed by atoms with Gasteiger partial charge in [0, 0.05) is 31.4 Å². The van der Waals surface area contributed by atoms with Crippen molar-refractivity contribution in [1.82, 2.24) is 10.3 Å². The quantitative estimate of drug-likeness (QED) is 0.840. The summed E-state index contributed by atoms with van der Waals surface area (Å²) >= 11 is 0. The van der Waals surface area contributed by atoms with Crippen molar-refractivity contribution < 1.29 is 4.79 Å². The summed E-state index contributed by atoms with van der Waals surface area (Å²) < 4.78 is 0. The molecular weight excluding hydrogens is 264 g/mol. The van der Waals surface area contributed by atoms with Crippen LogP contribution in [0.5, 0.6) is 0 Å². The van der Waals surface area contributed by atoms with Gasteiger partial charge in [0.25, 0.3) is 5.91 Å². The third-order valence-corrected chi connectivity index (χ3v) is 4.45. The van der Waals surface area contributed by atoms with Gasteiger partial charge in [-0.2, -0.15) is 0 Å². The Balaban J connectivity index is 2.09. The Morgan fingerprint density at radius 1 is 1.38 bits per heavy atom. The van der Waals surface area contributed by atoms with Crippen molar-refractivity contribution in [2.24, 2.45) is 5.73 Å². The van der Waals surface area contributed by atoms with Crippen molar-refractivity contribution in [3.8, 4) is 0 Å². The number of carbonyl (C=O) groups excluding carboxylic acids is 1. The Morgan fingerprint density at radius 2 is 2.05 bits per heavy atom. The second kappa shape index (κ2) is 6.89. The lowest BCUT2D eigenvalue weighted by Crippen LogP contribution is -2.49. The van der Waals surface area contributed by atoms with Crippen LogP contribution in [0.3, 0.4) is 0 Å². The molecule has 21 heavy (non-hydrogen) atoms. The molecule has 0 bridgehead atoms. The molecule has 2 heterocycles. The van der Waals surface area contributed by atoms with Crippen LogP contribution in [-0.4, -0.2) is 36.1 Å². The lowest BCUT2D eigenvalue weighted by Gasteiger charge is -2.27. The largest absolute Gasteiger partial charge is 0.356 e. The summed E-state index contributed by atoms with van der Waals surface area (Å²) in [6, 6.07) is 3.65. The zero-order chi connectivity index (χ0) is 15.3. The van der Waals surface area contributed by atoms with Crippen LogP contribution in [0.25, 0.3) is 0 Å². The van der Waals surface area contributed by atoms with E-state index in [1.807, 2.05) is 12.1 Å². The second-order valence-corrected chi connectivity index (χ2v) is 5.82. The van der Waals surface area contributed by atoms with Crippen molar-refractivity contribution in [2.45, 2.75) is 45.1 Å². The first-order valence-electron chi connectivity index (χ1n) is 7.86. The number of nitrogens with two attached hydrogens (primary N) is 1. The van der Waals surface area contributed by atoms with Gasteiger partial charge >= 0.3 is 0 Å². The molecular formula is C16H26N4O. The van der Waals surface area contributed by atoms with E-state index in [1.165, 1.54) is 0 Å². The molecule has 5 heteroatoms. The van der Waals surface area contributed by atoms with Gasteiger partial charge in [-0.1, -0.05) is 13.8 Å². The highest BCUT2D eigenvalue weighted by molar-refractivity contribution is 5.98. The predicted molar refractivity (Wildman–Crippen MR) is 85.5 cm³/mol. The molecule has 0 aromatic carbocycles. The third-order valence-electron chi connectivity index (χ3n) is 4.45. The fourth-order valence-electron chi connectivity index (χ4n) is 2.61. The Hall–Kier alpha value is -1.62. The molecule has 0 radical (unpaired) electrons. The molecule has 1 aromatic heterocycles. The molecule has 0 aliphatic carbocycles. The van der Waals surface area contributed by atoms with Gasteiger partial charge < -0.3 is 16.0 Å². The lowest BCUT2D eigenvalue weighted by molar-refractivity contribution is 0.0942. The van der Waals surface area contributed by atoms with Gasteiger partial charge in [-0.15, -0.1) is 0 Å². The van der Waals surface area contributed by atoms with E-state index in [4.69, 9.17) is 5.73 Å². The number of amides is 1. The smallest absolute Gasteiger partial charge is 0.255 e. The Morgan fingerprint density at radius 3 is 2.67 bits per heavy atom. The number of hydrogen-bond acceptors (Lipinski definition) is 4. The number of hydrogen-bond donors (Lipinski definition) is 2. The fourth-order valence-corrected chi connectivity index (χ4v) is 2.61. The highest BCUT2D eigenvalue weighted by Crippen LogP contribution is 2.22. The molecule has 0 spiro atoms. The molecule has 2 rings (SSSR count). The molecule has 0 unspecified atom stereocenters. The van der Waals surface area contributed by atoms with Gasteiger partial charge in [0.1, 0.15) is 5.82 Å². The first-order chi connectivity index (χ1) is 10.1. The lowest BCUT2D eigenvalue weighted by atomic mass is 9.94. The predicted octanol–water partition coefficient (Wildman–Crippen LogP) is 1.93. The molecule has 1 aromatic rings. The summed E-state index contributed by atoms with van der Waals surface area (Å²) in [5.74, 6) is 0.713. The normalized spacial score (nSPS) is 15.3. The van der Waals surface area contributed by atoms with Crippen molar-refractivity contribution in [3.05, 3.63) is 23.9 Å². The summed E-state index contributed by atoms with van der Waals surface area (Å²) in [7, 11) is 0. The maximum absolute atomic E-state index is 12.5. The molecule has 0 saturated carbocycles. The van der Waals surface area contributed by atoms with Crippen molar-refractivity contribution in [1.29, 1.82) is 0 Å². The topological polar surface area (TPSA) is 71.2 Å². The van der Waals surface area contributed by atoms with Gasteiger partial charge in [-0.05, 0) is 37.8 Å². The minimum atomic E-state index is -0.328. The Bertz CT molecular complexity index is 479. The number of pyridine rings is 1. The third kappa shape index (κ3) is 3.73. The van der Waals surface area contributed by atoms with E-state index in [2.05, 4.69) is 29.0 Å². The first kappa shape index (κ1) is 15.8. The van der Waals surface area contributed by atoms with E-state index in [-0.39, 0.29) is 11.4 Å². The molecule has 1 fully saturated rings. The Labute approximate surface area is 126 Å². The summed E-state index contributed by atoms with van der Waals surface area (Å²) in [5, 5.41) is 2.97. The van der Waals surface area contributed by atoms with E-state index >= 15 is 0 Å². The summed E-state index contributed by atoms with van der Waals surface area (Å²) in [4.78, 5) is 19.1. The van der Waals surface area contributed by atoms with Crippen LogP contribution in [0.2, 0.25) is 0 Å². The van der Waals surface area contributed by atoms with Crippen LogP contribution in [0.4, 0.5) is 5.82 Å². The van der Waals surface area contributed by atoms with Gasteiger partial charge in [-0.3, -0.25) is 4.79 Å². The average Bonchev–Trinajstić information content (AvgIpc) is 3.06. The van der Waals surface area contributed by atoms with Crippen LogP contribution in [0.1, 0.15) is 49.9 Å². The molecule has 3 N–H and O–H groups in total. The zero-order valence-corrected chi connectivity index (χ0v) is 13.1. The van der Waals surface area contributed by atoms with E-state index in [1.54, 1.807) is 6.20 Å². The highest BCUT2D eigenvalue weighted by Gasteiger charge is 2.24. The van der Waals surface area contributed by atoms with Crippen LogP contribution in [0.15, 0.2) is 18.3 Å². The van der Waals surface area contributed by atoms with Crippen molar-refractivity contribution in [2.75, 3.05) is 24.5 Å². The van der Waals surface area contributed by atoms with E-state index < -0.39 is 0 Å². The van der Waals surface area contributed by atoms with Gasteiger partial charge in [0.05, 0.1) is 5.56 Å². The molecule has 1 saturated heterocycles. The SMILES string of the molecule is CCC(N)(CC)CNC(=O)c1cccnc1N1CCCC1. The molecule has 1 aliphatic heterocycles. The van der Waals surface area contributed by atoms with Crippen LogP contribution < -0.4 is 16.0 Å². The van der Waals surface area contributed by atoms with Crippen molar-refractivity contribution >= 4 is 11.7 Å². The second-order valence-electron chi connectivity index (χ2n) is 5.82.